The molecule has 0 unspecified atom stereocenters. The number of pyridine rings is 1. The highest BCUT2D eigenvalue weighted by molar-refractivity contribution is 6.31. The molecule has 4 rings (SSSR count). The number of hydrogen-bond donors (Lipinski definition) is 1. The molecule has 40 heavy (non-hydrogen) atoms. The summed E-state index contributed by atoms with van der Waals surface area (Å²) in [4.78, 5) is 29.1. The molecule has 2 aromatic heterocycles. The zero-order valence-corrected chi connectivity index (χ0v) is 22.0. The second-order valence-corrected chi connectivity index (χ2v) is 9.09. The number of carbonyl (C=O) groups is 2. The number of benzene rings is 2. The van der Waals surface area contributed by atoms with Crippen molar-refractivity contribution in [2.45, 2.75) is 33.0 Å². The minimum absolute atomic E-state index is 0.0244. The topological polar surface area (TPSA) is 110 Å². The van der Waals surface area contributed by atoms with Gasteiger partial charge in [0.2, 0.25) is 0 Å². The number of hydrogen-bond acceptors (Lipinski definition) is 6. The molecular weight excluding hydrogens is 547 g/mol. The van der Waals surface area contributed by atoms with Gasteiger partial charge in [-0.3, -0.25) is 9.78 Å². The van der Waals surface area contributed by atoms with Crippen molar-refractivity contribution in [2.24, 2.45) is 0 Å². The van der Waals surface area contributed by atoms with Crippen LogP contribution in [-0.2, 0) is 17.8 Å². The first-order valence-electron chi connectivity index (χ1n) is 11.8. The maximum absolute atomic E-state index is 13.2. The Labute approximate surface area is 232 Å². The van der Waals surface area contributed by atoms with Crippen LogP contribution in [0.3, 0.4) is 0 Å². The molecule has 1 N–H and O–H groups in total. The van der Waals surface area contributed by atoms with Gasteiger partial charge in [-0.2, -0.15) is 23.5 Å². The summed E-state index contributed by atoms with van der Waals surface area (Å²) in [5.74, 6) is -3.40. The first-order chi connectivity index (χ1) is 19.0. The highest BCUT2D eigenvalue weighted by Gasteiger charge is 2.42. The number of ether oxygens (including phenoxy) is 1. The number of nitrogens with zero attached hydrogens (tertiary/aromatic N) is 4. The third kappa shape index (κ3) is 6.13. The van der Waals surface area contributed by atoms with E-state index in [-0.39, 0.29) is 34.7 Å². The molecule has 0 aliphatic carbocycles. The predicted octanol–water partition coefficient (Wildman–Crippen LogP) is 5.40. The van der Waals surface area contributed by atoms with Crippen LogP contribution in [-0.4, -0.2) is 32.8 Å². The summed E-state index contributed by atoms with van der Waals surface area (Å²) in [6.45, 7) is 3.52. The normalized spacial score (nSPS) is 11.1. The molecule has 12 heteroatoms. The minimum atomic E-state index is -5.24. The maximum Gasteiger partial charge on any atom is 0.491 e. The predicted molar refractivity (Wildman–Crippen MR) is 139 cm³/mol. The molecule has 0 saturated carbocycles. The van der Waals surface area contributed by atoms with Gasteiger partial charge in [-0.15, -0.1) is 0 Å². The van der Waals surface area contributed by atoms with Gasteiger partial charge in [0, 0.05) is 35.0 Å². The molecule has 0 radical (unpaired) electrons. The average molecular weight is 568 g/mol. The van der Waals surface area contributed by atoms with E-state index >= 15 is 0 Å². The summed E-state index contributed by atoms with van der Waals surface area (Å²) >= 11 is 6.19. The number of esters is 1. The van der Waals surface area contributed by atoms with E-state index in [1.54, 1.807) is 61.1 Å². The van der Waals surface area contributed by atoms with E-state index in [1.807, 2.05) is 6.07 Å². The number of nitriles is 1. The minimum Gasteiger partial charge on any atom is -0.420 e. The van der Waals surface area contributed by atoms with Crippen LogP contribution in [0.15, 0.2) is 60.8 Å². The van der Waals surface area contributed by atoms with Crippen molar-refractivity contribution in [3.8, 4) is 17.5 Å². The summed E-state index contributed by atoms with van der Waals surface area (Å²) < 4.78 is 45.5. The lowest BCUT2D eigenvalue weighted by Crippen LogP contribution is -2.29. The molecule has 1 amide bonds. The van der Waals surface area contributed by atoms with Gasteiger partial charge in [-0.1, -0.05) is 23.7 Å². The Balaban J connectivity index is 1.74. The number of aromatic nitrogens is 3. The van der Waals surface area contributed by atoms with Crippen LogP contribution in [0.5, 0.6) is 5.75 Å². The third-order valence-electron chi connectivity index (χ3n) is 6.08. The first kappa shape index (κ1) is 28.3. The van der Waals surface area contributed by atoms with Crippen LogP contribution in [0.2, 0.25) is 5.02 Å². The van der Waals surface area contributed by atoms with Crippen LogP contribution < -0.4 is 10.1 Å². The molecule has 2 heterocycles. The van der Waals surface area contributed by atoms with E-state index in [0.29, 0.717) is 28.3 Å². The summed E-state index contributed by atoms with van der Waals surface area (Å²) in [5, 5.41) is 16.6. The zero-order valence-electron chi connectivity index (χ0n) is 21.2. The third-order valence-corrected chi connectivity index (χ3v) is 6.39. The second kappa shape index (κ2) is 11.6. The van der Waals surface area contributed by atoms with E-state index in [4.69, 9.17) is 21.6 Å². The number of carbonyl (C=O) groups excluding carboxylic acids is 2. The van der Waals surface area contributed by atoms with E-state index in [9.17, 15) is 22.8 Å². The van der Waals surface area contributed by atoms with Crippen molar-refractivity contribution in [1.29, 1.82) is 5.26 Å². The zero-order chi connectivity index (χ0) is 29.0. The van der Waals surface area contributed by atoms with Gasteiger partial charge in [-0.05, 0) is 56.3 Å². The lowest BCUT2D eigenvalue weighted by atomic mass is 9.97. The summed E-state index contributed by atoms with van der Waals surface area (Å²) in [5.41, 5.74) is 3.24. The molecule has 0 aliphatic rings. The van der Waals surface area contributed by atoms with Gasteiger partial charge in [0.05, 0.1) is 34.2 Å². The Bertz CT molecular complexity index is 1630. The number of rotatable bonds is 7. The van der Waals surface area contributed by atoms with Crippen molar-refractivity contribution in [2.75, 3.05) is 0 Å². The lowest BCUT2D eigenvalue weighted by molar-refractivity contribution is -0.189. The van der Waals surface area contributed by atoms with Gasteiger partial charge in [0.25, 0.3) is 5.91 Å². The van der Waals surface area contributed by atoms with E-state index in [1.165, 1.54) is 18.2 Å². The molecule has 0 aliphatic heterocycles. The standard InChI is InChI=1S/C28H21ClF3N5O3/c1-16-22(17(2)37(36-16)20-10-9-18(14-33)24(29)12-20)13-23-21(26(38)35-15-19-6-3-4-11-34-19)7-5-8-25(23)40-27(39)28(30,31)32/h3-12H,13,15H2,1-2H3,(H,35,38). The van der Waals surface area contributed by atoms with Gasteiger partial charge >= 0.3 is 12.1 Å². The Morgan fingerprint density at radius 3 is 2.52 bits per heavy atom. The Kier molecular flexibility index (Phi) is 8.21. The SMILES string of the molecule is Cc1nn(-c2ccc(C#N)c(Cl)c2)c(C)c1Cc1c(OC(=O)C(F)(F)F)cccc1C(=O)NCc1ccccn1. The smallest absolute Gasteiger partial charge is 0.420 e. The fourth-order valence-electron chi connectivity index (χ4n) is 4.07. The fourth-order valence-corrected chi connectivity index (χ4v) is 4.29. The molecule has 0 spiro atoms. The highest BCUT2D eigenvalue weighted by atomic mass is 35.5. The van der Waals surface area contributed by atoms with Crippen molar-refractivity contribution >= 4 is 23.5 Å². The molecule has 0 fully saturated rings. The molecule has 0 atom stereocenters. The number of halogens is 4. The van der Waals surface area contributed by atoms with Crippen LogP contribution in [0.4, 0.5) is 13.2 Å². The Hall–Kier alpha value is -4.69. The average Bonchev–Trinajstić information content (AvgIpc) is 3.20. The largest absolute Gasteiger partial charge is 0.491 e. The van der Waals surface area contributed by atoms with Crippen LogP contribution in [0.25, 0.3) is 5.69 Å². The molecule has 4 aromatic rings. The van der Waals surface area contributed by atoms with Crippen molar-refractivity contribution in [3.05, 3.63) is 105 Å². The summed E-state index contributed by atoms with van der Waals surface area (Å²) in [6, 6.07) is 15.9. The van der Waals surface area contributed by atoms with E-state index < -0.39 is 23.8 Å². The maximum atomic E-state index is 13.2. The molecular formula is C28H21ClF3N5O3. The monoisotopic (exact) mass is 567 g/mol. The van der Waals surface area contributed by atoms with Crippen LogP contribution >= 0.6 is 11.6 Å². The second-order valence-electron chi connectivity index (χ2n) is 8.69. The van der Waals surface area contributed by atoms with E-state index in [2.05, 4.69) is 15.4 Å². The van der Waals surface area contributed by atoms with Gasteiger partial charge < -0.3 is 10.1 Å². The number of amides is 1. The van der Waals surface area contributed by atoms with Gasteiger partial charge in [0.15, 0.2) is 0 Å². The number of aryl methyl sites for hydroxylation is 1. The Morgan fingerprint density at radius 2 is 1.88 bits per heavy atom. The lowest BCUT2D eigenvalue weighted by Gasteiger charge is -2.16. The van der Waals surface area contributed by atoms with E-state index in [0.717, 1.165) is 0 Å². The number of alkyl halides is 3. The first-order valence-corrected chi connectivity index (χ1v) is 12.2. The van der Waals surface area contributed by atoms with Crippen molar-refractivity contribution in [3.63, 3.8) is 0 Å². The molecule has 0 saturated heterocycles. The van der Waals surface area contributed by atoms with Crippen molar-refractivity contribution < 1.29 is 27.5 Å². The molecule has 2 aromatic carbocycles. The van der Waals surface area contributed by atoms with Crippen LogP contribution in [0, 0.1) is 25.2 Å². The van der Waals surface area contributed by atoms with Gasteiger partial charge in [-0.25, -0.2) is 9.48 Å². The highest BCUT2D eigenvalue weighted by Crippen LogP contribution is 2.31. The fraction of sp³-hybridized carbons (Fsp3) is 0.179. The molecule has 8 nitrogen and oxygen atoms in total. The number of nitrogens with one attached hydrogen (secondary N) is 1. The molecule has 0 bridgehead atoms. The summed E-state index contributed by atoms with van der Waals surface area (Å²) in [7, 11) is 0. The molecule has 204 valence electrons. The van der Waals surface area contributed by atoms with Crippen LogP contribution in [0.1, 0.15) is 44.1 Å². The Morgan fingerprint density at radius 1 is 1.10 bits per heavy atom. The van der Waals surface area contributed by atoms with Gasteiger partial charge in [0.1, 0.15) is 11.8 Å². The van der Waals surface area contributed by atoms with Crippen molar-refractivity contribution in [1.82, 2.24) is 20.1 Å². The summed E-state index contributed by atoms with van der Waals surface area (Å²) in [6.07, 6.45) is -3.75. The quantitative estimate of drug-likeness (QED) is 0.237.